The van der Waals surface area contributed by atoms with Crippen LogP contribution in [-0.4, -0.2) is 30.3 Å². The number of likely N-dealkylation sites (tertiary alicyclic amines) is 1. The van der Waals surface area contributed by atoms with E-state index in [4.69, 9.17) is 5.14 Å². The summed E-state index contributed by atoms with van der Waals surface area (Å²) in [5.74, 6) is 1.08. The van der Waals surface area contributed by atoms with Gasteiger partial charge >= 0.3 is 0 Å². The molecule has 0 saturated carbocycles. The second-order valence-corrected chi connectivity index (χ2v) is 2.81. The molecule has 0 spiro atoms. The molecule has 0 aromatic carbocycles. The Kier molecular flexibility index (Phi) is 2.66. The van der Waals surface area contributed by atoms with Crippen LogP contribution < -0.4 is 5.14 Å². The van der Waals surface area contributed by atoms with E-state index in [1.54, 1.807) is 0 Å². The molecule has 0 unspecified atom stereocenters. The maximum absolute atomic E-state index is 5.25. The van der Waals surface area contributed by atoms with E-state index in [2.05, 4.69) is 4.90 Å². The van der Waals surface area contributed by atoms with Gasteiger partial charge in [-0.05, 0) is 19.5 Å². The molecule has 3 heteroatoms. The number of hydrogen-bond donors (Lipinski definition) is 1. The zero-order valence-corrected chi connectivity index (χ0v) is 5.78. The summed E-state index contributed by atoms with van der Waals surface area (Å²) in [6.45, 7) is 3.77. The lowest BCUT2D eigenvalue weighted by Crippen LogP contribution is -2.38. The average Bonchev–Trinajstić information content (AvgIpc) is 1.63. The van der Waals surface area contributed by atoms with Crippen molar-refractivity contribution in [3.05, 3.63) is 0 Å². The van der Waals surface area contributed by atoms with Crippen LogP contribution in [0.5, 0.6) is 0 Å². The fourth-order valence-corrected chi connectivity index (χ4v) is 1.15. The van der Waals surface area contributed by atoms with Gasteiger partial charge in [0.2, 0.25) is 0 Å². The zero-order valence-electron chi connectivity index (χ0n) is 4.97. The second kappa shape index (κ2) is 3.33. The van der Waals surface area contributed by atoms with E-state index < -0.39 is 0 Å². The highest BCUT2D eigenvalue weighted by Gasteiger charge is 2.11. The molecule has 48 valence electrons. The summed E-state index contributed by atoms with van der Waals surface area (Å²) in [5, 5.41) is 5.25. The average molecular weight is 132 g/mol. The van der Waals surface area contributed by atoms with Crippen LogP contribution in [0.3, 0.4) is 0 Å². The van der Waals surface area contributed by atoms with Crippen LogP contribution in [0.15, 0.2) is 0 Å². The first-order chi connectivity index (χ1) is 3.93. The maximum Gasteiger partial charge on any atom is 0.0204 e. The van der Waals surface area contributed by atoms with E-state index >= 15 is 0 Å². The van der Waals surface area contributed by atoms with Crippen LogP contribution in [0.25, 0.3) is 0 Å². The van der Waals surface area contributed by atoms with E-state index in [0.29, 0.717) is 0 Å². The highest BCUT2D eigenvalue weighted by Crippen LogP contribution is 2.04. The van der Waals surface area contributed by atoms with Crippen molar-refractivity contribution in [1.29, 1.82) is 0 Å². The Morgan fingerprint density at radius 2 is 2.25 bits per heavy atom. The monoisotopic (exact) mass is 132 g/mol. The van der Waals surface area contributed by atoms with Crippen molar-refractivity contribution < 1.29 is 0 Å². The molecular formula is C5H12N2S. The molecule has 1 aliphatic rings. The molecule has 0 radical (unpaired) electrons. The predicted molar refractivity (Wildman–Crippen MR) is 37.7 cm³/mol. The van der Waals surface area contributed by atoms with Gasteiger partial charge < -0.3 is 4.90 Å². The van der Waals surface area contributed by atoms with Gasteiger partial charge in [-0.1, -0.05) is 11.9 Å². The summed E-state index contributed by atoms with van der Waals surface area (Å²) in [6, 6.07) is 0. The molecule has 8 heavy (non-hydrogen) atoms. The van der Waals surface area contributed by atoms with Gasteiger partial charge in [-0.25, -0.2) is 0 Å². The lowest BCUT2D eigenvalue weighted by molar-refractivity contribution is 0.194. The van der Waals surface area contributed by atoms with Crippen molar-refractivity contribution in [2.24, 2.45) is 5.14 Å². The Bertz CT molecular complexity index is 63.4. The number of hydrogen-bond acceptors (Lipinski definition) is 3. The summed E-state index contributed by atoms with van der Waals surface area (Å²) in [7, 11) is 0. The van der Waals surface area contributed by atoms with Gasteiger partial charge in [0.05, 0.1) is 0 Å². The van der Waals surface area contributed by atoms with Crippen molar-refractivity contribution >= 4 is 11.9 Å². The van der Waals surface area contributed by atoms with Gasteiger partial charge in [0.25, 0.3) is 0 Å². The van der Waals surface area contributed by atoms with Crippen LogP contribution in [0.4, 0.5) is 0 Å². The van der Waals surface area contributed by atoms with E-state index in [1.807, 2.05) is 0 Å². The summed E-state index contributed by atoms with van der Waals surface area (Å²) in [6.07, 6.45) is 1.38. The topological polar surface area (TPSA) is 29.3 Å². The molecule has 0 aromatic rings. The largest absolute Gasteiger partial charge is 0.302 e. The minimum Gasteiger partial charge on any atom is -0.302 e. The number of rotatable bonds is 3. The fourth-order valence-electron chi connectivity index (χ4n) is 0.787. The Balaban J connectivity index is 1.86. The van der Waals surface area contributed by atoms with Crippen molar-refractivity contribution in [1.82, 2.24) is 4.90 Å². The van der Waals surface area contributed by atoms with Gasteiger partial charge in [-0.2, -0.15) is 0 Å². The molecule has 0 aliphatic carbocycles. The molecule has 0 atom stereocenters. The summed E-state index contributed by atoms with van der Waals surface area (Å²) < 4.78 is 0. The molecule has 1 heterocycles. The first kappa shape index (κ1) is 6.39. The normalized spacial score (nSPS) is 20.6. The Morgan fingerprint density at radius 1 is 1.50 bits per heavy atom. The Hall–Kier alpha value is 0.270. The molecular weight excluding hydrogens is 120 g/mol. The second-order valence-electron chi connectivity index (χ2n) is 2.07. The smallest absolute Gasteiger partial charge is 0.0204 e. The minimum atomic E-state index is 1.08. The van der Waals surface area contributed by atoms with Gasteiger partial charge in [0, 0.05) is 12.3 Å². The quantitative estimate of drug-likeness (QED) is 0.560. The molecule has 1 rings (SSSR count). The van der Waals surface area contributed by atoms with Gasteiger partial charge in [-0.3, -0.25) is 5.14 Å². The Labute approximate surface area is 54.6 Å². The van der Waals surface area contributed by atoms with Gasteiger partial charge in [-0.15, -0.1) is 0 Å². The molecule has 1 fully saturated rings. The first-order valence-electron chi connectivity index (χ1n) is 2.97. The van der Waals surface area contributed by atoms with Crippen molar-refractivity contribution in [3.8, 4) is 0 Å². The number of nitrogens with zero attached hydrogens (tertiary/aromatic N) is 1. The highest BCUT2D eigenvalue weighted by atomic mass is 32.2. The van der Waals surface area contributed by atoms with E-state index in [-0.39, 0.29) is 0 Å². The molecule has 1 saturated heterocycles. The molecule has 0 aromatic heterocycles. The van der Waals surface area contributed by atoms with Crippen LogP contribution >= 0.6 is 11.9 Å². The predicted octanol–water partition coefficient (Wildman–Crippen LogP) is 0.299. The van der Waals surface area contributed by atoms with Crippen LogP contribution in [0, 0.1) is 0 Å². The maximum atomic E-state index is 5.25. The molecule has 2 nitrogen and oxygen atoms in total. The van der Waals surface area contributed by atoms with Crippen molar-refractivity contribution in [2.75, 3.05) is 25.4 Å². The summed E-state index contributed by atoms with van der Waals surface area (Å²) in [4.78, 5) is 2.42. The highest BCUT2D eigenvalue weighted by molar-refractivity contribution is 7.97. The third-order valence-corrected chi connectivity index (χ3v) is 1.89. The summed E-state index contributed by atoms with van der Waals surface area (Å²) >= 11 is 1.44. The minimum absolute atomic E-state index is 1.08. The lowest BCUT2D eigenvalue weighted by atomic mass is 10.2. The lowest BCUT2D eigenvalue weighted by Gasteiger charge is -2.29. The van der Waals surface area contributed by atoms with E-state index in [9.17, 15) is 0 Å². The molecule has 1 aliphatic heterocycles. The van der Waals surface area contributed by atoms with Crippen molar-refractivity contribution in [2.45, 2.75) is 6.42 Å². The summed E-state index contributed by atoms with van der Waals surface area (Å²) in [5.41, 5.74) is 0. The third kappa shape index (κ3) is 1.65. The van der Waals surface area contributed by atoms with Crippen molar-refractivity contribution in [3.63, 3.8) is 0 Å². The van der Waals surface area contributed by atoms with E-state index in [1.165, 1.54) is 38.0 Å². The first-order valence-corrected chi connectivity index (χ1v) is 4.02. The van der Waals surface area contributed by atoms with Gasteiger partial charge in [0.15, 0.2) is 0 Å². The van der Waals surface area contributed by atoms with Crippen LogP contribution in [0.2, 0.25) is 0 Å². The molecule has 0 amide bonds. The molecule has 2 N–H and O–H groups in total. The SMILES string of the molecule is NSCCN1CCC1. The number of nitrogens with two attached hydrogens (primary N) is 1. The zero-order chi connectivity index (χ0) is 5.82. The third-order valence-electron chi connectivity index (χ3n) is 1.47. The van der Waals surface area contributed by atoms with Crippen LogP contribution in [0.1, 0.15) is 6.42 Å². The van der Waals surface area contributed by atoms with Gasteiger partial charge in [0.1, 0.15) is 0 Å². The molecule has 0 bridgehead atoms. The standard InChI is InChI=1S/C5H12N2S/c6-8-5-4-7-2-1-3-7/h1-6H2. The fraction of sp³-hybridized carbons (Fsp3) is 1.00. The van der Waals surface area contributed by atoms with E-state index in [0.717, 1.165) is 5.75 Å². The van der Waals surface area contributed by atoms with Crippen LogP contribution in [-0.2, 0) is 0 Å². The Morgan fingerprint density at radius 3 is 2.62 bits per heavy atom.